The van der Waals surface area contributed by atoms with Gasteiger partial charge in [0.2, 0.25) is 5.91 Å². The molecule has 0 spiro atoms. The van der Waals surface area contributed by atoms with Crippen molar-refractivity contribution in [2.75, 3.05) is 0 Å². The number of aliphatic hydroxyl groups is 1. The lowest BCUT2D eigenvalue weighted by Gasteiger charge is -1.98. The number of aromatic nitrogens is 3. The Hall–Kier alpha value is -2.42. The molecule has 3 rings (SSSR count). The zero-order valence-electron chi connectivity index (χ0n) is 12.5. The van der Waals surface area contributed by atoms with Gasteiger partial charge in [-0.2, -0.15) is 0 Å². The summed E-state index contributed by atoms with van der Waals surface area (Å²) in [5.41, 5.74) is 1.61. The summed E-state index contributed by atoms with van der Waals surface area (Å²) in [6.07, 6.45) is 6.54. The van der Waals surface area contributed by atoms with Gasteiger partial charge in [-0.3, -0.25) is 4.79 Å². The van der Waals surface area contributed by atoms with Crippen LogP contribution in [0.2, 0.25) is 0 Å². The summed E-state index contributed by atoms with van der Waals surface area (Å²) in [6.45, 7) is 0.354. The van der Waals surface area contributed by atoms with Crippen LogP contribution in [0.15, 0.2) is 41.4 Å². The highest BCUT2D eigenvalue weighted by molar-refractivity contribution is 7.13. The minimum atomic E-state index is -0.195. The minimum absolute atomic E-state index is 0.00776. The van der Waals surface area contributed by atoms with Crippen LogP contribution in [0.1, 0.15) is 16.1 Å². The van der Waals surface area contributed by atoms with Gasteiger partial charge in [-0.1, -0.05) is 0 Å². The van der Waals surface area contributed by atoms with E-state index in [0.29, 0.717) is 12.4 Å². The SMILES string of the molecule is O=C(C=Cc1cc(CO)cs1)NCc1csc(-c2ncccn2)n1. The second-order valence-electron chi connectivity index (χ2n) is 4.78. The Balaban J connectivity index is 1.54. The van der Waals surface area contributed by atoms with E-state index >= 15 is 0 Å². The summed E-state index contributed by atoms with van der Waals surface area (Å²) >= 11 is 2.92. The van der Waals surface area contributed by atoms with Crippen LogP contribution in [-0.4, -0.2) is 26.0 Å². The number of hydrogen-bond donors (Lipinski definition) is 2. The van der Waals surface area contributed by atoms with Gasteiger partial charge in [0, 0.05) is 28.7 Å². The molecule has 3 aromatic rings. The third kappa shape index (κ3) is 4.31. The standard InChI is InChI=1S/C16H14N4O2S2/c21-8-11-6-13(23-9-11)2-3-14(22)19-7-12-10-24-16(20-12)15-17-4-1-5-18-15/h1-6,9-10,21H,7-8H2,(H,19,22). The second kappa shape index (κ2) is 7.91. The van der Waals surface area contributed by atoms with Crippen molar-refractivity contribution in [3.63, 3.8) is 0 Å². The van der Waals surface area contributed by atoms with Crippen molar-refractivity contribution in [1.29, 1.82) is 0 Å². The summed E-state index contributed by atoms with van der Waals surface area (Å²) in [5, 5.41) is 16.3. The maximum absolute atomic E-state index is 11.9. The van der Waals surface area contributed by atoms with Gasteiger partial charge < -0.3 is 10.4 Å². The Labute approximate surface area is 146 Å². The number of rotatable bonds is 6. The molecule has 0 aromatic carbocycles. The fraction of sp³-hybridized carbons (Fsp3) is 0.125. The number of thiophene rings is 1. The van der Waals surface area contributed by atoms with Crippen LogP contribution in [0.25, 0.3) is 16.9 Å². The first kappa shape index (κ1) is 16.4. The number of carbonyl (C=O) groups excluding carboxylic acids is 1. The first-order chi connectivity index (χ1) is 11.7. The van der Waals surface area contributed by atoms with Gasteiger partial charge in [0.25, 0.3) is 0 Å². The summed E-state index contributed by atoms with van der Waals surface area (Å²) in [5.74, 6) is 0.386. The Morgan fingerprint density at radius 3 is 2.83 bits per heavy atom. The molecule has 0 aliphatic carbocycles. The molecule has 0 bridgehead atoms. The molecule has 0 saturated carbocycles. The fourth-order valence-corrected chi connectivity index (χ4v) is 3.42. The van der Waals surface area contributed by atoms with E-state index in [1.807, 2.05) is 16.8 Å². The number of aliphatic hydroxyl groups excluding tert-OH is 1. The minimum Gasteiger partial charge on any atom is -0.392 e. The highest BCUT2D eigenvalue weighted by atomic mass is 32.1. The van der Waals surface area contributed by atoms with E-state index in [1.165, 1.54) is 28.7 Å². The fourth-order valence-electron chi connectivity index (χ4n) is 1.86. The van der Waals surface area contributed by atoms with Gasteiger partial charge in [-0.05, 0) is 29.2 Å². The van der Waals surface area contributed by atoms with E-state index in [9.17, 15) is 4.79 Å². The summed E-state index contributed by atoms with van der Waals surface area (Å²) < 4.78 is 0. The lowest BCUT2D eigenvalue weighted by atomic mass is 10.3. The Morgan fingerprint density at radius 2 is 2.08 bits per heavy atom. The predicted octanol–water partition coefficient (Wildman–Crippen LogP) is 2.48. The first-order valence-electron chi connectivity index (χ1n) is 7.10. The molecule has 0 unspecified atom stereocenters. The largest absolute Gasteiger partial charge is 0.392 e. The molecule has 3 aromatic heterocycles. The molecule has 122 valence electrons. The van der Waals surface area contributed by atoms with E-state index in [0.717, 1.165) is 21.1 Å². The summed E-state index contributed by atoms with van der Waals surface area (Å²) in [7, 11) is 0. The van der Waals surface area contributed by atoms with Gasteiger partial charge in [-0.25, -0.2) is 15.0 Å². The molecule has 6 nitrogen and oxygen atoms in total. The van der Waals surface area contributed by atoms with Gasteiger partial charge >= 0.3 is 0 Å². The van der Waals surface area contributed by atoms with E-state index in [4.69, 9.17) is 5.11 Å². The van der Waals surface area contributed by atoms with Gasteiger partial charge in [0.1, 0.15) is 0 Å². The van der Waals surface area contributed by atoms with E-state index in [1.54, 1.807) is 24.5 Å². The number of amides is 1. The molecular formula is C16H14N4O2S2. The van der Waals surface area contributed by atoms with Crippen LogP contribution < -0.4 is 5.32 Å². The van der Waals surface area contributed by atoms with Gasteiger partial charge in [-0.15, -0.1) is 22.7 Å². The van der Waals surface area contributed by atoms with Crippen molar-refractivity contribution in [2.24, 2.45) is 0 Å². The molecule has 2 N–H and O–H groups in total. The number of hydrogen-bond acceptors (Lipinski definition) is 7. The Bertz CT molecular complexity index is 843. The number of nitrogens with one attached hydrogen (secondary N) is 1. The average molecular weight is 358 g/mol. The predicted molar refractivity (Wildman–Crippen MR) is 94.3 cm³/mol. The van der Waals surface area contributed by atoms with Crippen molar-refractivity contribution in [3.05, 3.63) is 57.5 Å². The third-order valence-corrected chi connectivity index (χ3v) is 4.84. The van der Waals surface area contributed by atoms with E-state index in [2.05, 4.69) is 20.3 Å². The van der Waals surface area contributed by atoms with Crippen LogP contribution in [0.5, 0.6) is 0 Å². The monoisotopic (exact) mass is 358 g/mol. The highest BCUT2D eigenvalue weighted by Crippen LogP contribution is 2.19. The van der Waals surface area contributed by atoms with Crippen molar-refractivity contribution in [3.8, 4) is 10.8 Å². The van der Waals surface area contributed by atoms with Crippen LogP contribution in [0.3, 0.4) is 0 Å². The molecule has 1 amide bonds. The second-order valence-corrected chi connectivity index (χ2v) is 6.58. The maximum Gasteiger partial charge on any atom is 0.244 e. The van der Waals surface area contributed by atoms with Crippen molar-refractivity contribution in [1.82, 2.24) is 20.3 Å². The number of thiazole rings is 1. The van der Waals surface area contributed by atoms with Crippen molar-refractivity contribution < 1.29 is 9.90 Å². The lowest BCUT2D eigenvalue weighted by Crippen LogP contribution is -2.20. The smallest absolute Gasteiger partial charge is 0.244 e. The van der Waals surface area contributed by atoms with Crippen LogP contribution in [0.4, 0.5) is 0 Å². The zero-order valence-corrected chi connectivity index (χ0v) is 14.2. The molecule has 0 fully saturated rings. The molecule has 24 heavy (non-hydrogen) atoms. The average Bonchev–Trinajstić information content (AvgIpc) is 3.28. The molecule has 0 saturated heterocycles. The number of carbonyl (C=O) groups is 1. The first-order valence-corrected chi connectivity index (χ1v) is 8.86. The van der Waals surface area contributed by atoms with Crippen LogP contribution in [0, 0.1) is 0 Å². The zero-order chi connectivity index (χ0) is 16.8. The van der Waals surface area contributed by atoms with Crippen molar-refractivity contribution in [2.45, 2.75) is 13.2 Å². The van der Waals surface area contributed by atoms with Gasteiger partial charge in [0.15, 0.2) is 10.8 Å². The summed E-state index contributed by atoms with van der Waals surface area (Å²) in [4.78, 5) is 25.5. The van der Waals surface area contributed by atoms with E-state index < -0.39 is 0 Å². The maximum atomic E-state index is 11.9. The van der Waals surface area contributed by atoms with Crippen molar-refractivity contribution >= 4 is 34.7 Å². The Kier molecular flexibility index (Phi) is 5.42. The summed E-state index contributed by atoms with van der Waals surface area (Å²) in [6, 6.07) is 3.60. The number of nitrogens with zero attached hydrogens (tertiary/aromatic N) is 3. The molecule has 3 heterocycles. The lowest BCUT2D eigenvalue weighted by molar-refractivity contribution is -0.116. The van der Waals surface area contributed by atoms with Crippen LogP contribution in [-0.2, 0) is 17.9 Å². The third-order valence-electron chi connectivity index (χ3n) is 3.01. The van der Waals surface area contributed by atoms with Crippen LogP contribution >= 0.6 is 22.7 Å². The Morgan fingerprint density at radius 1 is 1.25 bits per heavy atom. The normalized spacial score (nSPS) is 11.0. The topological polar surface area (TPSA) is 88.0 Å². The van der Waals surface area contributed by atoms with Gasteiger partial charge in [0.05, 0.1) is 18.8 Å². The molecule has 8 heteroatoms. The molecule has 0 aliphatic heterocycles. The highest BCUT2D eigenvalue weighted by Gasteiger charge is 2.07. The quantitative estimate of drug-likeness (QED) is 0.661. The molecule has 0 atom stereocenters. The van der Waals surface area contributed by atoms with E-state index in [-0.39, 0.29) is 12.5 Å². The molecule has 0 aliphatic rings. The molecule has 0 radical (unpaired) electrons. The molecular weight excluding hydrogens is 344 g/mol.